The molecule has 2 aromatic rings. The van der Waals surface area contributed by atoms with Gasteiger partial charge in [0.1, 0.15) is 11.4 Å². The SMILES string of the molecule is CCCOc1ccc(-c2onc(CO)c2C)cc1. The Balaban J connectivity index is 2.20. The van der Waals surface area contributed by atoms with E-state index in [0.717, 1.165) is 29.9 Å². The summed E-state index contributed by atoms with van der Waals surface area (Å²) in [5.74, 6) is 1.54. The van der Waals surface area contributed by atoms with Crippen molar-refractivity contribution in [2.75, 3.05) is 6.61 Å². The van der Waals surface area contributed by atoms with Crippen LogP contribution in [0.2, 0.25) is 0 Å². The van der Waals surface area contributed by atoms with E-state index in [9.17, 15) is 0 Å². The van der Waals surface area contributed by atoms with Gasteiger partial charge in [-0.05, 0) is 37.6 Å². The van der Waals surface area contributed by atoms with Crippen LogP contribution < -0.4 is 4.74 Å². The molecule has 0 fully saturated rings. The van der Waals surface area contributed by atoms with Crippen LogP contribution in [0.25, 0.3) is 11.3 Å². The maximum Gasteiger partial charge on any atom is 0.170 e. The molecule has 0 aliphatic carbocycles. The van der Waals surface area contributed by atoms with Crippen molar-refractivity contribution in [3.8, 4) is 17.1 Å². The maximum atomic E-state index is 9.08. The van der Waals surface area contributed by atoms with Gasteiger partial charge < -0.3 is 14.4 Å². The predicted octanol–water partition coefficient (Wildman–Crippen LogP) is 2.93. The first-order valence-electron chi connectivity index (χ1n) is 6.05. The predicted molar refractivity (Wildman–Crippen MR) is 68.4 cm³/mol. The fraction of sp³-hybridized carbons (Fsp3) is 0.357. The van der Waals surface area contributed by atoms with Gasteiger partial charge in [0.05, 0.1) is 13.2 Å². The van der Waals surface area contributed by atoms with Crippen molar-refractivity contribution in [1.82, 2.24) is 5.16 Å². The van der Waals surface area contributed by atoms with Crippen LogP contribution in [0.5, 0.6) is 5.75 Å². The highest BCUT2D eigenvalue weighted by Crippen LogP contribution is 2.27. The van der Waals surface area contributed by atoms with Crippen molar-refractivity contribution in [2.24, 2.45) is 0 Å². The third-order valence-electron chi connectivity index (χ3n) is 2.76. The maximum absolute atomic E-state index is 9.08. The molecule has 0 saturated carbocycles. The fourth-order valence-corrected chi connectivity index (χ4v) is 1.71. The summed E-state index contributed by atoms with van der Waals surface area (Å²) in [7, 11) is 0. The molecule has 0 bridgehead atoms. The molecule has 0 unspecified atom stereocenters. The van der Waals surface area contributed by atoms with Crippen molar-refractivity contribution >= 4 is 0 Å². The summed E-state index contributed by atoms with van der Waals surface area (Å²) in [5, 5.41) is 12.9. The zero-order valence-corrected chi connectivity index (χ0v) is 10.6. The van der Waals surface area contributed by atoms with Gasteiger partial charge in [-0.3, -0.25) is 0 Å². The van der Waals surface area contributed by atoms with Crippen LogP contribution in [0.4, 0.5) is 0 Å². The Morgan fingerprint density at radius 2 is 2.00 bits per heavy atom. The lowest BCUT2D eigenvalue weighted by Crippen LogP contribution is -1.94. The average molecular weight is 247 g/mol. The Kier molecular flexibility index (Phi) is 3.99. The molecule has 1 aromatic carbocycles. The van der Waals surface area contributed by atoms with Gasteiger partial charge in [0.25, 0.3) is 0 Å². The largest absolute Gasteiger partial charge is 0.494 e. The molecule has 4 heteroatoms. The van der Waals surface area contributed by atoms with Crippen LogP contribution in [0.3, 0.4) is 0 Å². The lowest BCUT2D eigenvalue weighted by Gasteiger charge is -2.04. The number of rotatable bonds is 5. The second-order valence-electron chi connectivity index (χ2n) is 4.11. The monoisotopic (exact) mass is 247 g/mol. The third-order valence-corrected chi connectivity index (χ3v) is 2.76. The molecule has 1 N–H and O–H groups in total. The molecular formula is C14H17NO3. The number of hydrogen-bond acceptors (Lipinski definition) is 4. The van der Waals surface area contributed by atoms with Gasteiger partial charge in [-0.15, -0.1) is 0 Å². The summed E-state index contributed by atoms with van der Waals surface area (Å²) in [6.07, 6.45) is 0.989. The van der Waals surface area contributed by atoms with Crippen LogP contribution >= 0.6 is 0 Å². The highest BCUT2D eigenvalue weighted by atomic mass is 16.5. The molecule has 0 aliphatic heterocycles. The van der Waals surface area contributed by atoms with Crippen molar-refractivity contribution in [2.45, 2.75) is 26.9 Å². The van der Waals surface area contributed by atoms with E-state index in [0.29, 0.717) is 11.5 Å². The van der Waals surface area contributed by atoms with Gasteiger partial charge in [0, 0.05) is 11.1 Å². The Morgan fingerprint density at radius 1 is 1.28 bits per heavy atom. The van der Waals surface area contributed by atoms with Gasteiger partial charge in [-0.1, -0.05) is 12.1 Å². The van der Waals surface area contributed by atoms with E-state index in [-0.39, 0.29) is 6.61 Å². The van der Waals surface area contributed by atoms with E-state index in [1.165, 1.54) is 0 Å². The minimum absolute atomic E-state index is 0.104. The number of hydrogen-bond donors (Lipinski definition) is 1. The van der Waals surface area contributed by atoms with Gasteiger partial charge in [-0.25, -0.2) is 0 Å². The number of ether oxygens (including phenoxy) is 1. The van der Waals surface area contributed by atoms with Crippen molar-refractivity contribution < 1.29 is 14.4 Å². The second-order valence-corrected chi connectivity index (χ2v) is 4.11. The van der Waals surface area contributed by atoms with E-state index in [2.05, 4.69) is 12.1 Å². The molecule has 0 aliphatic rings. The van der Waals surface area contributed by atoms with E-state index < -0.39 is 0 Å². The van der Waals surface area contributed by atoms with Crippen molar-refractivity contribution in [3.05, 3.63) is 35.5 Å². The van der Waals surface area contributed by atoms with E-state index >= 15 is 0 Å². The molecule has 0 amide bonds. The molecule has 96 valence electrons. The van der Waals surface area contributed by atoms with Crippen molar-refractivity contribution in [1.29, 1.82) is 0 Å². The lowest BCUT2D eigenvalue weighted by molar-refractivity contribution is 0.266. The summed E-state index contributed by atoms with van der Waals surface area (Å²) in [6, 6.07) is 7.68. The van der Waals surface area contributed by atoms with Gasteiger partial charge >= 0.3 is 0 Å². The van der Waals surface area contributed by atoms with E-state index in [1.54, 1.807) is 0 Å². The highest BCUT2D eigenvalue weighted by molar-refractivity contribution is 5.62. The number of aliphatic hydroxyl groups is 1. The standard InChI is InChI=1S/C14H17NO3/c1-3-8-17-12-6-4-11(5-7-12)14-10(2)13(9-16)15-18-14/h4-7,16H,3,8-9H2,1-2H3. The first-order chi connectivity index (χ1) is 8.76. The number of benzene rings is 1. The summed E-state index contributed by atoms with van der Waals surface area (Å²) in [5.41, 5.74) is 2.39. The van der Waals surface area contributed by atoms with Gasteiger partial charge in [0.2, 0.25) is 0 Å². The third kappa shape index (κ3) is 2.54. The summed E-state index contributed by atoms with van der Waals surface area (Å²) in [6.45, 7) is 4.57. The topological polar surface area (TPSA) is 55.5 Å². The van der Waals surface area contributed by atoms with E-state index in [4.69, 9.17) is 14.4 Å². The summed E-state index contributed by atoms with van der Waals surface area (Å²) < 4.78 is 10.8. The molecule has 18 heavy (non-hydrogen) atoms. The quantitative estimate of drug-likeness (QED) is 0.882. The minimum atomic E-state index is -0.104. The van der Waals surface area contributed by atoms with Crippen LogP contribution in [0, 0.1) is 6.92 Å². The molecular weight excluding hydrogens is 230 g/mol. The van der Waals surface area contributed by atoms with Crippen molar-refractivity contribution in [3.63, 3.8) is 0 Å². The molecule has 0 spiro atoms. The molecule has 0 radical (unpaired) electrons. The Morgan fingerprint density at radius 3 is 2.56 bits per heavy atom. The molecule has 0 saturated heterocycles. The zero-order chi connectivity index (χ0) is 13.0. The normalized spacial score (nSPS) is 10.6. The number of aromatic nitrogens is 1. The van der Waals surface area contributed by atoms with Crippen LogP contribution in [-0.4, -0.2) is 16.9 Å². The molecule has 4 nitrogen and oxygen atoms in total. The number of nitrogens with zero attached hydrogens (tertiary/aromatic N) is 1. The zero-order valence-electron chi connectivity index (χ0n) is 10.6. The van der Waals surface area contributed by atoms with Crippen LogP contribution in [-0.2, 0) is 6.61 Å². The smallest absolute Gasteiger partial charge is 0.170 e. The molecule has 1 heterocycles. The minimum Gasteiger partial charge on any atom is -0.494 e. The van der Waals surface area contributed by atoms with Crippen LogP contribution in [0.1, 0.15) is 24.6 Å². The first-order valence-corrected chi connectivity index (χ1v) is 6.05. The first kappa shape index (κ1) is 12.6. The van der Waals surface area contributed by atoms with Crippen LogP contribution in [0.15, 0.2) is 28.8 Å². The Hall–Kier alpha value is -1.81. The molecule has 1 aromatic heterocycles. The lowest BCUT2D eigenvalue weighted by atomic mass is 10.1. The van der Waals surface area contributed by atoms with E-state index in [1.807, 2.05) is 31.2 Å². The highest BCUT2D eigenvalue weighted by Gasteiger charge is 2.12. The summed E-state index contributed by atoms with van der Waals surface area (Å²) in [4.78, 5) is 0. The second kappa shape index (κ2) is 5.69. The molecule has 2 rings (SSSR count). The van der Waals surface area contributed by atoms with Gasteiger partial charge in [0.15, 0.2) is 5.76 Å². The molecule has 0 atom stereocenters. The van der Waals surface area contributed by atoms with Gasteiger partial charge in [-0.2, -0.15) is 0 Å². The number of aliphatic hydroxyl groups excluding tert-OH is 1. The average Bonchev–Trinajstić information content (AvgIpc) is 2.78. The summed E-state index contributed by atoms with van der Waals surface area (Å²) >= 11 is 0. The Bertz CT molecular complexity index is 502. The fourth-order valence-electron chi connectivity index (χ4n) is 1.71. The Labute approximate surface area is 106 Å².